The molecule has 2 heterocycles. The molecule has 0 amide bonds. The minimum atomic E-state index is -0.201. The second-order valence-electron chi connectivity index (χ2n) is 6.83. The Hall–Kier alpha value is -2.19. The number of rotatable bonds is 8. The first-order valence-electron chi connectivity index (χ1n) is 10.3. The molecule has 8 heteroatoms. The minimum Gasteiger partial charge on any atom is -0.378 e. The van der Waals surface area contributed by atoms with E-state index in [1.807, 2.05) is 30.2 Å². The Morgan fingerprint density at radius 2 is 2.10 bits per heavy atom. The van der Waals surface area contributed by atoms with Crippen LogP contribution in [0.25, 0.3) is 0 Å². The van der Waals surface area contributed by atoms with Crippen molar-refractivity contribution < 1.29 is 9.13 Å². The number of aromatic nitrogens is 1. The Morgan fingerprint density at radius 3 is 2.79 bits per heavy atom. The van der Waals surface area contributed by atoms with E-state index in [0.29, 0.717) is 25.4 Å². The summed E-state index contributed by atoms with van der Waals surface area (Å²) in [7, 11) is 0. The van der Waals surface area contributed by atoms with Gasteiger partial charge < -0.3 is 20.3 Å². The highest BCUT2D eigenvalue weighted by molar-refractivity contribution is 7.11. The number of nitrogens with one attached hydrogen (secondary N) is 2. The van der Waals surface area contributed by atoms with Gasteiger partial charge >= 0.3 is 0 Å². The molecule has 0 bridgehead atoms. The van der Waals surface area contributed by atoms with Crippen LogP contribution in [0.2, 0.25) is 0 Å². The van der Waals surface area contributed by atoms with Crippen molar-refractivity contribution in [2.75, 3.05) is 44.3 Å². The predicted molar refractivity (Wildman–Crippen MR) is 117 cm³/mol. The molecule has 1 saturated heterocycles. The molecule has 0 unspecified atom stereocenters. The molecule has 0 spiro atoms. The van der Waals surface area contributed by atoms with Gasteiger partial charge in [-0.1, -0.05) is 13.0 Å². The fourth-order valence-electron chi connectivity index (χ4n) is 3.14. The number of morpholine rings is 1. The average molecular weight is 420 g/mol. The van der Waals surface area contributed by atoms with E-state index in [1.54, 1.807) is 17.4 Å². The number of aliphatic imine (C=N–C) groups is 1. The number of anilines is 1. The molecule has 1 aliphatic rings. The van der Waals surface area contributed by atoms with Crippen molar-refractivity contribution >= 4 is 23.0 Å². The second kappa shape index (κ2) is 11.1. The fraction of sp³-hybridized carbons (Fsp3) is 0.524. The van der Waals surface area contributed by atoms with Gasteiger partial charge in [0.2, 0.25) is 0 Å². The number of ether oxygens (including phenoxy) is 1. The molecule has 3 rings (SSSR count). The molecule has 2 aromatic rings. The lowest BCUT2D eigenvalue weighted by Crippen LogP contribution is -2.38. The summed E-state index contributed by atoms with van der Waals surface area (Å²) in [6.45, 7) is 8.86. The summed E-state index contributed by atoms with van der Waals surface area (Å²) in [6.07, 6.45) is 3.84. The third-order valence-corrected chi connectivity index (χ3v) is 5.91. The maximum absolute atomic E-state index is 14.6. The number of hydrogen-bond acceptors (Lipinski definition) is 5. The molecule has 1 aromatic heterocycles. The molecule has 0 aliphatic carbocycles. The first-order valence-corrected chi connectivity index (χ1v) is 11.1. The van der Waals surface area contributed by atoms with Crippen molar-refractivity contribution in [3.63, 3.8) is 0 Å². The highest BCUT2D eigenvalue weighted by Crippen LogP contribution is 2.22. The first kappa shape index (κ1) is 21.5. The number of thiazole rings is 1. The van der Waals surface area contributed by atoms with Gasteiger partial charge in [0.25, 0.3) is 0 Å². The molecule has 0 radical (unpaired) electrons. The van der Waals surface area contributed by atoms with Gasteiger partial charge in [-0.2, -0.15) is 0 Å². The molecule has 29 heavy (non-hydrogen) atoms. The van der Waals surface area contributed by atoms with Crippen LogP contribution in [0, 0.1) is 5.82 Å². The van der Waals surface area contributed by atoms with Crippen LogP contribution in [-0.2, 0) is 24.1 Å². The van der Waals surface area contributed by atoms with Gasteiger partial charge in [0.05, 0.1) is 30.5 Å². The Kier molecular flexibility index (Phi) is 8.25. The molecule has 6 nitrogen and oxygen atoms in total. The molecule has 2 N–H and O–H groups in total. The Balaban J connectivity index is 1.55. The lowest BCUT2D eigenvalue weighted by molar-refractivity contribution is 0.122. The van der Waals surface area contributed by atoms with E-state index in [2.05, 4.69) is 27.5 Å². The lowest BCUT2D eigenvalue weighted by atomic mass is 10.1. The van der Waals surface area contributed by atoms with Crippen molar-refractivity contribution in [3.05, 3.63) is 45.7 Å². The van der Waals surface area contributed by atoms with Crippen molar-refractivity contribution in [3.8, 4) is 0 Å². The van der Waals surface area contributed by atoms with Crippen molar-refractivity contribution in [1.82, 2.24) is 15.6 Å². The highest BCUT2D eigenvalue weighted by Gasteiger charge is 2.15. The molecule has 0 saturated carbocycles. The summed E-state index contributed by atoms with van der Waals surface area (Å²) in [4.78, 5) is 12.4. The van der Waals surface area contributed by atoms with Crippen LogP contribution >= 0.6 is 11.3 Å². The zero-order valence-corrected chi connectivity index (χ0v) is 18.0. The summed E-state index contributed by atoms with van der Waals surface area (Å²) in [6, 6.07) is 5.38. The standard InChI is InChI=1S/C21H30FN5OS/c1-3-17-15-25-20(29-17)7-8-24-21(23-4-2)26-14-16-5-6-19(18(22)13-16)27-9-11-28-12-10-27/h5-6,13,15H,3-4,7-12,14H2,1-2H3,(H2,23,24,26). The molecule has 0 atom stereocenters. The van der Waals surface area contributed by atoms with Gasteiger partial charge in [0, 0.05) is 43.7 Å². The van der Waals surface area contributed by atoms with Gasteiger partial charge in [0.15, 0.2) is 5.96 Å². The van der Waals surface area contributed by atoms with E-state index in [1.165, 1.54) is 4.88 Å². The van der Waals surface area contributed by atoms with Crippen molar-refractivity contribution in [2.24, 2.45) is 4.99 Å². The lowest BCUT2D eigenvalue weighted by Gasteiger charge is -2.29. The summed E-state index contributed by atoms with van der Waals surface area (Å²) < 4.78 is 19.9. The molecule has 158 valence electrons. The van der Waals surface area contributed by atoms with E-state index < -0.39 is 0 Å². The first-order chi connectivity index (χ1) is 14.2. The van der Waals surface area contributed by atoms with Gasteiger partial charge in [-0.25, -0.2) is 14.4 Å². The largest absolute Gasteiger partial charge is 0.378 e. The van der Waals surface area contributed by atoms with Crippen LogP contribution < -0.4 is 15.5 Å². The summed E-state index contributed by atoms with van der Waals surface area (Å²) in [5.41, 5.74) is 1.49. The van der Waals surface area contributed by atoms with E-state index in [9.17, 15) is 4.39 Å². The van der Waals surface area contributed by atoms with Gasteiger partial charge in [-0.05, 0) is 31.0 Å². The fourth-order valence-corrected chi connectivity index (χ4v) is 4.00. The van der Waals surface area contributed by atoms with Crippen LogP contribution in [0.15, 0.2) is 29.4 Å². The number of halogens is 1. The number of guanidine groups is 1. The molecule has 1 aromatic carbocycles. The van der Waals surface area contributed by atoms with Crippen molar-refractivity contribution in [1.29, 1.82) is 0 Å². The predicted octanol–water partition coefficient (Wildman–Crippen LogP) is 2.98. The second-order valence-corrected chi connectivity index (χ2v) is 8.03. The normalized spacial score (nSPS) is 14.9. The highest BCUT2D eigenvalue weighted by atomic mass is 32.1. The van der Waals surface area contributed by atoms with Gasteiger partial charge in [-0.3, -0.25) is 0 Å². The van der Waals surface area contributed by atoms with Gasteiger partial charge in [-0.15, -0.1) is 11.3 Å². The van der Waals surface area contributed by atoms with Crippen molar-refractivity contribution in [2.45, 2.75) is 33.2 Å². The maximum atomic E-state index is 14.6. The third kappa shape index (κ3) is 6.40. The smallest absolute Gasteiger partial charge is 0.191 e. The number of nitrogens with zero attached hydrogens (tertiary/aromatic N) is 3. The van der Waals surface area contributed by atoms with Crippen LogP contribution in [0.1, 0.15) is 29.3 Å². The third-order valence-electron chi connectivity index (χ3n) is 4.71. The van der Waals surface area contributed by atoms with E-state index >= 15 is 0 Å². The molecular weight excluding hydrogens is 389 g/mol. The molecular formula is C21H30FN5OS. The summed E-state index contributed by atoms with van der Waals surface area (Å²) in [5.74, 6) is 0.533. The number of hydrogen-bond donors (Lipinski definition) is 2. The zero-order chi connectivity index (χ0) is 20.5. The van der Waals surface area contributed by atoms with E-state index in [0.717, 1.165) is 55.6 Å². The van der Waals surface area contributed by atoms with Crippen LogP contribution in [-0.4, -0.2) is 50.3 Å². The number of benzene rings is 1. The van der Waals surface area contributed by atoms with E-state index in [4.69, 9.17) is 4.74 Å². The zero-order valence-electron chi connectivity index (χ0n) is 17.2. The van der Waals surface area contributed by atoms with E-state index in [-0.39, 0.29) is 5.82 Å². The maximum Gasteiger partial charge on any atom is 0.191 e. The quantitative estimate of drug-likeness (QED) is 0.509. The Labute approximate surface area is 176 Å². The SMILES string of the molecule is CCNC(=NCc1ccc(N2CCOCC2)c(F)c1)NCCc1ncc(CC)s1. The average Bonchev–Trinajstić information content (AvgIpc) is 3.21. The molecule has 1 aliphatic heterocycles. The number of aryl methyl sites for hydroxylation is 1. The molecule has 1 fully saturated rings. The van der Waals surface area contributed by atoms with Gasteiger partial charge in [0.1, 0.15) is 5.82 Å². The Bertz CT molecular complexity index is 804. The van der Waals surface area contributed by atoms with Crippen LogP contribution in [0.5, 0.6) is 0 Å². The summed E-state index contributed by atoms with van der Waals surface area (Å²) in [5, 5.41) is 7.70. The topological polar surface area (TPSA) is 61.8 Å². The van der Waals surface area contributed by atoms with Crippen LogP contribution in [0.4, 0.5) is 10.1 Å². The monoisotopic (exact) mass is 419 g/mol. The Morgan fingerprint density at radius 1 is 1.28 bits per heavy atom. The summed E-state index contributed by atoms with van der Waals surface area (Å²) >= 11 is 1.76. The van der Waals surface area contributed by atoms with Crippen LogP contribution in [0.3, 0.4) is 0 Å². The minimum absolute atomic E-state index is 0.201.